The van der Waals surface area contributed by atoms with E-state index in [0.29, 0.717) is 6.42 Å². The second-order valence-electron chi connectivity index (χ2n) is 3.48. The van der Waals surface area contributed by atoms with Gasteiger partial charge in [-0.05, 0) is 6.42 Å². The Hall–Kier alpha value is -1.79. The summed E-state index contributed by atoms with van der Waals surface area (Å²) < 4.78 is 0. The number of amides is 2. The van der Waals surface area contributed by atoms with E-state index < -0.39 is 24.3 Å². The molecule has 0 aromatic heterocycles. The molecule has 2 amide bonds. The van der Waals surface area contributed by atoms with Crippen LogP contribution in [0.1, 0.15) is 19.3 Å². The highest BCUT2D eigenvalue weighted by atomic mass is 16.4. The van der Waals surface area contributed by atoms with E-state index in [2.05, 4.69) is 10.6 Å². The largest absolute Gasteiger partial charge is 0.465 e. The summed E-state index contributed by atoms with van der Waals surface area (Å²) in [6.45, 7) is 0. The van der Waals surface area contributed by atoms with Crippen LogP contribution < -0.4 is 10.6 Å². The van der Waals surface area contributed by atoms with Crippen molar-refractivity contribution in [3.05, 3.63) is 0 Å². The lowest BCUT2D eigenvalue weighted by molar-refractivity contribution is -0.121. The second kappa shape index (κ2) is 4.63. The normalized spacial score (nSPS) is 25.7. The fourth-order valence-corrected chi connectivity index (χ4v) is 1.71. The maximum atomic E-state index is 11.2. The van der Waals surface area contributed by atoms with Crippen molar-refractivity contribution in [2.75, 3.05) is 0 Å². The zero-order valence-electron chi connectivity index (χ0n) is 7.90. The van der Waals surface area contributed by atoms with Gasteiger partial charge in [-0.25, -0.2) is 9.59 Å². The van der Waals surface area contributed by atoms with E-state index in [1.165, 1.54) is 0 Å². The molecular formula is C8H12N2O5. The number of ketones is 1. The van der Waals surface area contributed by atoms with Gasteiger partial charge >= 0.3 is 12.2 Å². The first-order valence-corrected chi connectivity index (χ1v) is 4.48. The van der Waals surface area contributed by atoms with Gasteiger partial charge < -0.3 is 20.8 Å². The predicted octanol–water partition coefficient (Wildman–Crippen LogP) is 0.0118. The van der Waals surface area contributed by atoms with Crippen LogP contribution in [-0.4, -0.2) is 40.3 Å². The third-order valence-corrected chi connectivity index (χ3v) is 2.17. The number of hydrogen-bond acceptors (Lipinski definition) is 3. The highest BCUT2D eigenvalue weighted by molar-refractivity contribution is 5.82. The molecule has 7 nitrogen and oxygen atoms in total. The lowest BCUT2D eigenvalue weighted by atomic mass is 9.90. The molecule has 0 aliphatic heterocycles. The van der Waals surface area contributed by atoms with Crippen LogP contribution in [0.2, 0.25) is 0 Å². The van der Waals surface area contributed by atoms with Crippen molar-refractivity contribution in [3.8, 4) is 0 Å². The molecule has 2 unspecified atom stereocenters. The van der Waals surface area contributed by atoms with Crippen LogP contribution in [0, 0.1) is 0 Å². The van der Waals surface area contributed by atoms with E-state index in [9.17, 15) is 14.4 Å². The lowest BCUT2D eigenvalue weighted by Gasteiger charge is -2.27. The van der Waals surface area contributed by atoms with Crippen molar-refractivity contribution in [2.45, 2.75) is 31.3 Å². The molecule has 0 bridgehead atoms. The molecular weight excluding hydrogens is 204 g/mol. The molecule has 1 aliphatic rings. The number of nitrogens with one attached hydrogen (secondary N) is 2. The standard InChI is InChI=1S/C8H12N2O5/c11-6-2-4(9-7(12)13)1-5(3-6)10-8(14)15/h4-5,9-10H,1-3H2,(H,12,13)(H,14,15). The van der Waals surface area contributed by atoms with E-state index in [-0.39, 0.29) is 18.6 Å². The van der Waals surface area contributed by atoms with E-state index in [1.807, 2.05) is 0 Å². The van der Waals surface area contributed by atoms with Gasteiger partial charge in [0.15, 0.2) is 0 Å². The van der Waals surface area contributed by atoms with Crippen LogP contribution in [0.5, 0.6) is 0 Å². The van der Waals surface area contributed by atoms with E-state index >= 15 is 0 Å². The van der Waals surface area contributed by atoms with E-state index in [1.54, 1.807) is 0 Å². The van der Waals surface area contributed by atoms with Gasteiger partial charge in [0.2, 0.25) is 0 Å². The summed E-state index contributed by atoms with van der Waals surface area (Å²) >= 11 is 0. The summed E-state index contributed by atoms with van der Waals surface area (Å²) in [6.07, 6.45) is -1.84. The van der Waals surface area contributed by atoms with Gasteiger partial charge in [0.05, 0.1) is 0 Å². The zero-order chi connectivity index (χ0) is 11.4. The number of hydrogen-bond donors (Lipinski definition) is 4. The molecule has 0 heterocycles. The lowest BCUT2D eigenvalue weighted by Crippen LogP contribution is -2.47. The molecule has 0 saturated heterocycles. The Morgan fingerprint density at radius 1 is 1.07 bits per heavy atom. The van der Waals surface area contributed by atoms with Gasteiger partial charge in [-0.2, -0.15) is 0 Å². The van der Waals surface area contributed by atoms with E-state index in [4.69, 9.17) is 10.2 Å². The monoisotopic (exact) mass is 216 g/mol. The first-order chi connectivity index (χ1) is 6.97. The smallest absolute Gasteiger partial charge is 0.404 e. The predicted molar refractivity (Wildman–Crippen MR) is 48.8 cm³/mol. The maximum Gasteiger partial charge on any atom is 0.404 e. The Kier molecular flexibility index (Phi) is 3.48. The van der Waals surface area contributed by atoms with Crippen LogP contribution in [0.25, 0.3) is 0 Å². The van der Waals surface area contributed by atoms with Crippen LogP contribution in [0.4, 0.5) is 9.59 Å². The molecule has 1 rings (SSSR count). The van der Waals surface area contributed by atoms with E-state index in [0.717, 1.165) is 0 Å². The van der Waals surface area contributed by atoms with Gasteiger partial charge in [-0.1, -0.05) is 0 Å². The molecule has 0 radical (unpaired) electrons. The van der Waals surface area contributed by atoms with Crippen LogP contribution >= 0.6 is 0 Å². The number of carbonyl (C=O) groups excluding carboxylic acids is 1. The maximum absolute atomic E-state index is 11.2. The van der Waals surface area contributed by atoms with Gasteiger partial charge in [0.1, 0.15) is 5.78 Å². The third kappa shape index (κ3) is 3.84. The summed E-state index contributed by atoms with van der Waals surface area (Å²) in [5.74, 6) is -0.140. The number of rotatable bonds is 2. The number of carbonyl (C=O) groups is 3. The first kappa shape index (κ1) is 11.3. The topological polar surface area (TPSA) is 116 Å². The van der Waals surface area contributed by atoms with Crippen LogP contribution in [0.3, 0.4) is 0 Å². The molecule has 1 aliphatic carbocycles. The van der Waals surface area contributed by atoms with Gasteiger partial charge in [0.25, 0.3) is 0 Å². The average Bonchev–Trinajstić information content (AvgIpc) is 1.98. The van der Waals surface area contributed by atoms with Gasteiger partial charge in [-0.3, -0.25) is 4.79 Å². The molecule has 0 aromatic rings. The molecule has 1 saturated carbocycles. The summed E-state index contributed by atoms with van der Waals surface area (Å²) in [5.41, 5.74) is 0. The minimum atomic E-state index is -1.20. The Balaban J connectivity index is 2.51. The Labute approximate surface area is 85.5 Å². The van der Waals surface area contributed by atoms with Crippen molar-refractivity contribution in [3.63, 3.8) is 0 Å². The molecule has 0 aromatic carbocycles. The quantitative estimate of drug-likeness (QED) is 0.519. The van der Waals surface area contributed by atoms with Crippen molar-refractivity contribution in [1.29, 1.82) is 0 Å². The summed E-state index contributed by atoms with van der Waals surface area (Å²) in [6, 6.07) is -0.999. The highest BCUT2D eigenvalue weighted by Crippen LogP contribution is 2.15. The number of carboxylic acid groups (broad SMARTS) is 2. The SMILES string of the molecule is O=C1CC(NC(=O)O)CC(NC(=O)O)C1. The molecule has 7 heteroatoms. The summed E-state index contributed by atoms with van der Waals surface area (Å²) in [4.78, 5) is 31.9. The summed E-state index contributed by atoms with van der Waals surface area (Å²) in [5, 5.41) is 21.3. The minimum absolute atomic E-state index is 0.129. The second-order valence-corrected chi connectivity index (χ2v) is 3.48. The fourth-order valence-electron chi connectivity index (χ4n) is 1.71. The molecule has 0 spiro atoms. The van der Waals surface area contributed by atoms with Crippen LogP contribution in [0.15, 0.2) is 0 Å². The van der Waals surface area contributed by atoms with Crippen LogP contribution in [-0.2, 0) is 4.79 Å². The highest BCUT2D eigenvalue weighted by Gasteiger charge is 2.29. The molecule has 15 heavy (non-hydrogen) atoms. The molecule has 1 fully saturated rings. The number of Topliss-reactive ketones (excluding diaryl/α,β-unsaturated/α-hetero) is 1. The first-order valence-electron chi connectivity index (χ1n) is 4.48. The van der Waals surface area contributed by atoms with Gasteiger partial charge in [-0.15, -0.1) is 0 Å². The Morgan fingerprint density at radius 2 is 1.47 bits per heavy atom. The van der Waals surface area contributed by atoms with Gasteiger partial charge in [0, 0.05) is 24.9 Å². The zero-order valence-corrected chi connectivity index (χ0v) is 7.90. The van der Waals surface area contributed by atoms with Crippen molar-refractivity contribution >= 4 is 18.0 Å². The van der Waals surface area contributed by atoms with Crippen molar-refractivity contribution in [2.24, 2.45) is 0 Å². The fraction of sp³-hybridized carbons (Fsp3) is 0.625. The average molecular weight is 216 g/mol. The summed E-state index contributed by atoms with van der Waals surface area (Å²) in [7, 11) is 0. The van der Waals surface area contributed by atoms with Crippen molar-refractivity contribution < 1.29 is 24.6 Å². The van der Waals surface area contributed by atoms with Crippen molar-refractivity contribution in [1.82, 2.24) is 10.6 Å². The minimum Gasteiger partial charge on any atom is -0.465 e. The Morgan fingerprint density at radius 3 is 1.80 bits per heavy atom. The Bertz CT molecular complexity index is 261. The third-order valence-electron chi connectivity index (χ3n) is 2.17. The molecule has 84 valence electrons. The molecule has 2 atom stereocenters. The molecule has 4 N–H and O–H groups in total.